The number of hydrogen-bond acceptors (Lipinski definition) is 6. The summed E-state index contributed by atoms with van der Waals surface area (Å²) in [5, 5.41) is 4.98. The van der Waals surface area contributed by atoms with E-state index in [1.165, 1.54) is 12.1 Å². The van der Waals surface area contributed by atoms with Crippen molar-refractivity contribution in [1.29, 1.82) is 0 Å². The SMILES string of the molecule is [2H]C1([2H])C(=O)NC(=O)[C@H](N2Cc3c(NCc4ccc(CN5CCOCC5)cc4F)cccc3C2=O)C1([2H])[2H]. The van der Waals surface area contributed by atoms with Crippen LogP contribution in [0.1, 0.15) is 45.3 Å². The molecule has 2 N–H and O–H groups in total. The molecule has 0 spiro atoms. The molecule has 9 heteroatoms. The number of amides is 3. The number of nitrogens with one attached hydrogen (secondary N) is 2. The van der Waals surface area contributed by atoms with E-state index in [0.717, 1.165) is 23.6 Å². The minimum absolute atomic E-state index is 0.121. The van der Waals surface area contributed by atoms with Gasteiger partial charge in [-0.1, -0.05) is 18.2 Å². The molecule has 178 valence electrons. The normalized spacial score (nSPS) is 25.6. The van der Waals surface area contributed by atoms with Crippen LogP contribution in [0.25, 0.3) is 0 Å². The average molecular weight is 471 g/mol. The fourth-order valence-electron chi connectivity index (χ4n) is 4.40. The first-order chi connectivity index (χ1) is 18.0. The number of hydrogen-bond donors (Lipinski definition) is 2. The summed E-state index contributed by atoms with van der Waals surface area (Å²) in [6.07, 6.45) is -5.98. The van der Waals surface area contributed by atoms with Crippen molar-refractivity contribution < 1.29 is 29.0 Å². The maximum atomic E-state index is 14.9. The molecule has 2 aromatic rings. The summed E-state index contributed by atoms with van der Waals surface area (Å²) in [4.78, 5) is 40.8. The Balaban J connectivity index is 1.32. The van der Waals surface area contributed by atoms with Gasteiger partial charge in [-0.15, -0.1) is 0 Å². The topological polar surface area (TPSA) is 91.0 Å². The Morgan fingerprint density at radius 2 is 2.00 bits per heavy atom. The van der Waals surface area contributed by atoms with E-state index in [0.29, 0.717) is 36.6 Å². The van der Waals surface area contributed by atoms with Crippen molar-refractivity contribution >= 4 is 23.4 Å². The first-order valence-electron chi connectivity index (χ1n) is 13.1. The second-order valence-corrected chi connectivity index (χ2v) is 8.42. The maximum absolute atomic E-state index is 14.9. The molecule has 3 amide bonds. The van der Waals surface area contributed by atoms with Crippen molar-refractivity contribution in [2.24, 2.45) is 0 Å². The minimum Gasteiger partial charge on any atom is -0.381 e. The summed E-state index contributed by atoms with van der Waals surface area (Å²) in [6, 6.07) is 8.07. The first-order valence-corrected chi connectivity index (χ1v) is 11.1. The van der Waals surface area contributed by atoms with Crippen LogP contribution in [0, 0.1) is 5.82 Å². The summed E-state index contributed by atoms with van der Waals surface area (Å²) >= 11 is 0. The van der Waals surface area contributed by atoms with Crippen LogP contribution in [-0.4, -0.2) is 59.9 Å². The number of benzene rings is 2. The molecule has 3 aliphatic heterocycles. The van der Waals surface area contributed by atoms with Crippen molar-refractivity contribution in [3.8, 4) is 0 Å². The molecule has 1 atom stereocenters. The monoisotopic (exact) mass is 470 g/mol. The van der Waals surface area contributed by atoms with Gasteiger partial charge in [-0.2, -0.15) is 0 Å². The van der Waals surface area contributed by atoms with Gasteiger partial charge in [0.25, 0.3) is 5.91 Å². The number of halogens is 1. The van der Waals surface area contributed by atoms with Crippen molar-refractivity contribution in [2.45, 2.75) is 38.4 Å². The highest BCUT2D eigenvalue weighted by atomic mass is 19.1. The third-order valence-electron chi connectivity index (χ3n) is 6.21. The van der Waals surface area contributed by atoms with Crippen LogP contribution in [0.3, 0.4) is 0 Å². The number of carbonyl (C=O) groups is 3. The minimum atomic E-state index is -3.02. The smallest absolute Gasteiger partial charge is 0.255 e. The highest BCUT2D eigenvalue weighted by Gasteiger charge is 2.39. The lowest BCUT2D eigenvalue weighted by Crippen LogP contribution is -2.52. The van der Waals surface area contributed by atoms with E-state index in [9.17, 15) is 18.8 Å². The number of imide groups is 1. The Morgan fingerprint density at radius 3 is 2.79 bits per heavy atom. The molecule has 2 aromatic carbocycles. The molecule has 0 bridgehead atoms. The second-order valence-electron chi connectivity index (χ2n) is 8.42. The van der Waals surface area contributed by atoms with Crippen LogP contribution in [0.4, 0.5) is 10.1 Å². The lowest BCUT2D eigenvalue weighted by Gasteiger charge is -2.29. The predicted molar refractivity (Wildman–Crippen MR) is 122 cm³/mol. The van der Waals surface area contributed by atoms with Gasteiger partial charge in [0.1, 0.15) is 11.9 Å². The molecule has 0 saturated carbocycles. The van der Waals surface area contributed by atoms with Gasteiger partial charge < -0.3 is 15.0 Å². The molecule has 0 unspecified atom stereocenters. The van der Waals surface area contributed by atoms with E-state index in [-0.39, 0.29) is 24.5 Å². The molecule has 3 heterocycles. The highest BCUT2D eigenvalue weighted by Crippen LogP contribution is 2.32. The number of fused-ring (bicyclic) bond motifs is 1. The van der Waals surface area contributed by atoms with Gasteiger partial charge in [-0.05, 0) is 30.1 Å². The van der Waals surface area contributed by atoms with Crippen LogP contribution in [0.15, 0.2) is 36.4 Å². The molecule has 0 aliphatic carbocycles. The number of anilines is 1. The van der Waals surface area contributed by atoms with E-state index in [1.807, 2.05) is 11.4 Å². The van der Waals surface area contributed by atoms with Gasteiger partial charge in [0.05, 0.1) is 13.2 Å². The van der Waals surface area contributed by atoms with Crippen molar-refractivity contribution in [2.75, 3.05) is 31.6 Å². The fraction of sp³-hybridized carbons (Fsp3) is 0.400. The molecule has 0 radical (unpaired) electrons. The summed E-state index contributed by atoms with van der Waals surface area (Å²) in [5.74, 6) is -3.48. The largest absolute Gasteiger partial charge is 0.381 e. The third kappa shape index (κ3) is 4.53. The number of ether oxygens (including phenoxy) is 1. The van der Waals surface area contributed by atoms with Gasteiger partial charge in [-0.3, -0.25) is 24.6 Å². The van der Waals surface area contributed by atoms with Crippen molar-refractivity contribution in [3.63, 3.8) is 0 Å². The lowest BCUT2D eigenvalue weighted by molar-refractivity contribution is -0.136. The Hall–Kier alpha value is -3.30. The van der Waals surface area contributed by atoms with Gasteiger partial charge in [-0.25, -0.2) is 4.39 Å². The summed E-state index contributed by atoms with van der Waals surface area (Å²) in [7, 11) is 0. The van der Waals surface area contributed by atoms with E-state index in [1.54, 1.807) is 18.2 Å². The average Bonchev–Trinajstić information content (AvgIpc) is 3.19. The number of piperidine rings is 1. The lowest BCUT2D eigenvalue weighted by atomic mass is 10.0. The van der Waals surface area contributed by atoms with E-state index in [2.05, 4.69) is 10.2 Å². The van der Waals surface area contributed by atoms with E-state index >= 15 is 0 Å². The Kier molecular flexibility index (Phi) is 5.06. The zero-order chi connectivity index (χ0) is 27.2. The Labute approximate surface area is 202 Å². The van der Waals surface area contributed by atoms with Gasteiger partial charge in [0.2, 0.25) is 11.8 Å². The fourth-order valence-corrected chi connectivity index (χ4v) is 4.40. The van der Waals surface area contributed by atoms with E-state index in [4.69, 9.17) is 10.2 Å². The summed E-state index contributed by atoms with van der Waals surface area (Å²) in [6.45, 7) is 3.48. The molecule has 2 fully saturated rings. The quantitative estimate of drug-likeness (QED) is 0.628. The Morgan fingerprint density at radius 1 is 1.18 bits per heavy atom. The zero-order valence-corrected chi connectivity index (χ0v) is 18.4. The molecule has 3 aliphatic rings. The van der Waals surface area contributed by atoms with Gasteiger partial charge in [0.15, 0.2) is 0 Å². The summed E-state index contributed by atoms with van der Waals surface area (Å²) in [5.41, 5.74) is 2.48. The molecule has 5 rings (SSSR count). The highest BCUT2D eigenvalue weighted by molar-refractivity contribution is 6.06. The number of morpholine rings is 1. The van der Waals surface area contributed by atoms with Crippen LogP contribution in [0.5, 0.6) is 0 Å². The first kappa shape index (κ1) is 18.1. The molecule has 0 aromatic heterocycles. The second kappa shape index (κ2) is 9.52. The van der Waals surface area contributed by atoms with Crippen molar-refractivity contribution in [3.05, 3.63) is 64.5 Å². The number of rotatable bonds is 6. The van der Waals surface area contributed by atoms with E-state index < -0.39 is 36.5 Å². The third-order valence-corrected chi connectivity index (χ3v) is 6.21. The molecule has 34 heavy (non-hydrogen) atoms. The standard InChI is InChI=1S/C25H27FN4O4/c26-20-12-16(14-29-8-10-34-11-9-29)4-5-17(20)13-27-21-3-1-2-18-19(21)15-30(25(18)33)22-6-7-23(31)28-24(22)32/h1-5,12,22,27H,6-11,13-15H2,(H,28,31,32)/t22-/m1/s1/i6D2,7D2. The molecular weight excluding hydrogens is 439 g/mol. The number of carbonyl (C=O) groups excluding carboxylic acids is 3. The zero-order valence-electron chi connectivity index (χ0n) is 22.4. The molecular formula is C25H27FN4O4. The summed E-state index contributed by atoms with van der Waals surface area (Å²) < 4.78 is 52.5. The van der Waals surface area contributed by atoms with Gasteiger partial charge in [0, 0.05) is 67.0 Å². The van der Waals surface area contributed by atoms with Crippen LogP contribution >= 0.6 is 0 Å². The number of nitrogens with zero attached hydrogens (tertiary/aromatic N) is 2. The molecule has 8 nitrogen and oxygen atoms in total. The van der Waals surface area contributed by atoms with Crippen LogP contribution < -0.4 is 10.6 Å². The molecule has 2 saturated heterocycles. The van der Waals surface area contributed by atoms with Crippen LogP contribution in [-0.2, 0) is 34.0 Å². The maximum Gasteiger partial charge on any atom is 0.255 e. The Bertz CT molecular complexity index is 1300. The van der Waals surface area contributed by atoms with Gasteiger partial charge >= 0.3 is 0 Å². The van der Waals surface area contributed by atoms with Crippen LogP contribution in [0.2, 0.25) is 0 Å². The predicted octanol–water partition coefficient (Wildman–Crippen LogP) is 2.03. The van der Waals surface area contributed by atoms with Crippen molar-refractivity contribution in [1.82, 2.24) is 15.1 Å².